The van der Waals surface area contributed by atoms with Crippen molar-refractivity contribution in [1.82, 2.24) is 5.32 Å². The van der Waals surface area contributed by atoms with E-state index >= 15 is 0 Å². The van der Waals surface area contributed by atoms with Gasteiger partial charge < -0.3 is 5.32 Å². The number of nitrogens with one attached hydrogen (secondary N) is 1. The molecule has 0 aromatic rings. The molecule has 0 heterocycles. The molecule has 0 bridgehead atoms. The molecule has 0 aliphatic rings. The summed E-state index contributed by atoms with van der Waals surface area (Å²) in [5, 5.41) is 0.964. The van der Waals surface area contributed by atoms with Gasteiger partial charge in [0, 0.05) is 6.54 Å². The van der Waals surface area contributed by atoms with Crippen molar-refractivity contribution >= 4 is 5.91 Å². The van der Waals surface area contributed by atoms with E-state index in [1.807, 2.05) is 0 Å². The number of hydrogen-bond acceptors (Lipinski definition) is 1. The van der Waals surface area contributed by atoms with Crippen LogP contribution in [0.5, 0.6) is 0 Å². The molecule has 0 aliphatic carbocycles. The van der Waals surface area contributed by atoms with Crippen molar-refractivity contribution in [3.63, 3.8) is 0 Å². The predicted molar refractivity (Wildman–Crippen MR) is 133 cm³/mol. The summed E-state index contributed by atoms with van der Waals surface area (Å²) in [6.45, 7) is 1.19. The second-order valence-electron chi connectivity index (χ2n) is 11.1. The summed E-state index contributed by atoms with van der Waals surface area (Å²) in [5.74, 6) is -61.2. The lowest BCUT2D eigenvalue weighted by atomic mass is 9.89. The fourth-order valence-corrected chi connectivity index (χ4v) is 4.29. The van der Waals surface area contributed by atoms with Gasteiger partial charge in [-0.3, -0.25) is 4.79 Å². The Bertz CT molecular complexity index is 903. The number of carbonyl (C=O) groups is 1. The molecule has 0 saturated heterocycles. The third-order valence-corrected chi connectivity index (χ3v) is 7.32. The first kappa shape index (κ1) is 44.3. The molecule has 2 nitrogen and oxygen atoms in total. The third kappa shape index (κ3) is 9.68. The molecular weight excluding hydrogens is 677 g/mol. The van der Waals surface area contributed by atoms with Gasteiger partial charge >= 0.3 is 47.6 Å². The van der Waals surface area contributed by atoms with E-state index in [1.54, 1.807) is 0 Å². The Hall–Kier alpha value is -1.72. The van der Waals surface area contributed by atoms with Gasteiger partial charge in [-0.25, -0.2) is 0 Å². The molecule has 1 amide bonds. The van der Waals surface area contributed by atoms with Crippen LogP contribution in [0.25, 0.3) is 0 Å². The van der Waals surface area contributed by atoms with Crippen LogP contribution in [0.15, 0.2) is 0 Å². The summed E-state index contributed by atoms with van der Waals surface area (Å²) in [6.07, 6.45) is 6.27. The Kier molecular flexibility index (Phi) is 16.5. The van der Waals surface area contributed by atoms with Crippen molar-refractivity contribution in [3.8, 4) is 0 Å². The molecule has 0 spiro atoms. The maximum Gasteiger partial charge on any atom is 0.460 e. The monoisotopic (exact) mass is 715 g/mol. The number of unbranched alkanes of at least 4 members (excludes halogenated alkanes) is 15. The Morgan fingerprint density at radius 3 is 0.957 bits per heavy atom. The van der Waals surface area contributed by atoms with Crippen molar-refractivity contribution < 1.29 is 79.4 Å². The lowest BCUT2D eigenvalue weighted by Gasteiger charge is -2.42. The maximum absolute atomic E-state index is 13.9. The van der Waals surface area contributed by atoms with Gasteiger partial charge in [-0.2, -0.15) is 74.6 Å². The Labute approximate surface area is 255 Å². The van der Waals surface area contributed by atoms with E-state index < -0.39 is 60.1 Å². The first-order valence-corrected chi connectivity index (χ1v) is 14.7. The Morgan fingerprint density at radius 2 is 0.652 bits per heavy atom. The summed E-state index contributed by atoms with van der Waals surface area (Å²) >= 11 is 0. The number of alkyl halides is 17. The summed E-state index contributed by atoms with van der Waals surface area (Å²) in [5.41, 5.74) is 0. The molecule has 276 valence electrons. The fourth-order valence-electron chi connectivity index (χ4n) is 4.29. The highest BCUT2D eigenvalue weighted by molar-refractivity contribution is 5.84. The quantitative estimate of drug-likeness (QED) is 0.0782. The minimum atomic E-state index is -8.72. The molecule has 0 rings (SSSR count). The number of halogens is 17. The summed E-state index contributed by atoms with van der Waals surface area (Å²) in [7, 11) is 0. The zero-order chi connectivity index (χ0) is 36.3. The van der Waals surface area contributed by atoms with Gasteiger partial charge in [0.15, 0.2) is 0 Å². The molecule has 0 saturated carbocycles. The van der Waals surface area contributed by atoms with E-state index in [9.17, 15) is 79.4 Å². The van der Waals surface area contributed by atoms with E-state index in [-0.39, 0.29) is 12.8 Å². The smallest absolute Gasteiger partial charge is 0.351 e. The van der Waals surface area contributed by atoms with E-state index in [2.05, 4.69) is 6.92 Å². The molecule has 0 aliphatic heterocycles. The average Bonchev–Trinajstić information content (AvgIpc) is 2.93. The van der Waals surface area contributed by atoms with Crippen LogP contribution in [0, 0.1) is 0 Å². The average molecular weight is 716 g/mol. The number of rotatable bonds is 24. The van der Waals surface area contributed by atoms with Gasteiger partial charge in [0.05, 0.1) is 0 Å². The van der Waals surface area contributed by atoms with E-state index in [1.165, 1.54) is 38.5 Å². The first-order valence-electron chi connectivity index (χ1n) is 14.7. The molecule has 0 fully saturated rings. The summed E-state index contributed by atoms with van der Waals surface area (Å²) in [6, 6.07) is 0. The number of carbonyl (C=O) groups excluding carboxylic acids is 1. The van der Waals surface area contributed by atoms with Crippen LogP contribution < -0.4 is 5.32 Å². The molecule has 0 aromatic heterocycles. The number of amides is 1. The molecule has 0 unspecified atom stereocenters. The van der Waals surface area contributed by atoms with Crippen molar-refractivity contribution in [2.45, 2.75) is 157 Å². The largest absolute Gasteiger partial charge is 0.460 e. The van der Waals surface area contributed by atoms with Gasteiger partial charge in [0.25, 0.3) is 5.91 Å². The predicted octanol–water partition coefficient (Wildman–Crippen LogP) is 11.4. The van der Waals surface area contributed by atoms with Crippen LogP contribution in [0.4, 0.5) is 74.6 Å². The zero-order valence-corrected chi connectivity index (χ0v) is 24.9. The Balaban J connectivity index is 4.92. The van der Waals surface area contributed by atoms with Crippen LogP contribution in [0.2, 0.25) is 0 Å². The second-order valence-corrected chi connectivity index (χ2v) is 11.1. The van der Waals surface area contributed by atoms with Gasteiger partial charge in [-0.15, -0.1) is 0 Å². The van der Waals surface area contributed by atoms with Gasteiger partial charge in [0.1, 0.15) is 0 Å². The lowest BCUT2D eigenvalue weighted by Crippen LogP contribution is -2.75. The van der Waals surface area contributed by atoms with E-state index in [0.717, 1.165) is 43.8 Å². The molecule has 19 heteroatoms. The van der Waals surface area contributed by atoms with E-state index in [4.69, 9.17) is 0 Å². The molecule has 1 N–H and O–H groups in total. The van der Waals surface area contributed by atoms with Gasteiger partial charge in [-0.1, -0.05) is 103 Å². The normalized spacial score (nSPS) is 14.6. The zero-order valence-electron chi connectivity index (χ0n) is 24.9. The third-order valence-electron chi connectivity index (χ3n) is 7.32. The molecular formula is C27H38F17NO. The fraction of sp³-hybridized carbons (Fsp3) is 0.963. The SMILES string of the molecule is CCCCCCCCCCCCCCCCCCNC(=O)C(F)(F)C(F)(F)C(F)(F)C(F)(F)C(F)(F)C(F)(F)C(F)(F)C(F)(F)F. The molecule has 0 radical (unpaired) electrons. The van der Waals surface area contributed by atoms with Gasteiger partial charge in [-0.05, 0) is 6.42 Å². The summed E-state index contributed by atoms with van der Waals surface area (Å²) in [4.78, 5) is 11.5. The van der Waals surface area contributed by atoms with Crippen molar-refractivity contribution in [1.29, 1.82) is 0 Å². The van der Waals surface area contributed by atoms with Crippen molar-refractivity contribution in [2.75, 3.05) is 6.54 Å². The maximum atomic E-state index is 13.9. The van der Waals surface area contributed by atoms with Crippen LogP contribution in [-0.4, -0.2) is 60.1 Å². The van der Waals surface area contributed by atoms with Crippen molar-refractivity contribution in [2.24, 2.45) is 0 Å². The molecule has 46 heavy (non-hydrogen) atoms. The van der Waals surface area contributed by atoms with E-state index in [0.29, 0.717) is 12.8 Å². The summed E-state index contributed by atoms with van der Waals surface area (Å²) < 4.78 is 226. The highest BCUT2D eigenvalue weighted by Gasteiger charge is 2.95. The lowest BCUT2D eigenvalue weighted by molar-refractivity contribution is -0.459. The highest BCUT2D eigenvalue weighted by atomic mass is 19.4. The number of hydrogen-bond donors (Lipinski definition) is 1. The molecule has 0 atom stereocenters. The van der Waals surface area contributed by atoms with Crippen LogP contribution in [0.3, 0.4) is 0 Å². The van der Waals surface area contributed by atoms with Crippen LogP contribution in [0.1, 0.15) is 110 Å². The van der Waals surface area contributed by atoms with Gasteiger partial charge in [0.2, 0.25) is 0 Å². The standard InChI is InChI=1S/C27H38F17NO/c1-2-3-4-5-6-7-8-9-10-11-12-13-14-15-16-17-18-45-19(46)20(28,29)21(30,31)22(32,33)23(34,35)24(36,37)25(38,39)26(40,41)27(42,43)44/h2-18H2,1H3,(H,45,46). The highest BCUT2D eigenvalue weighted by Crippen LogP contribution is 2.63. The Morgan fingerprint density at radius 1 is 0.391 bits per heavy atom. The minimum absolute atomic E-state index is 0.170. The topological polar surface area (TPSA) is 29.1 Å². The van der Waals surface area contributed by atoms with Crippen LogP contribution in [-0.2, 0) is 4.79 Å². The first-order chi connectivity index (χ1) is 20.7. The second kappa shape index (κ2) is 17.1. The van der Waals surface area contributed by atoms with Crippen LogP contribution >= 0.6 is 0 Å². The minimum Gasteiger partial charge on any atom is -0.351 e. The van der Waals surface area contributed by atoms with Crippen molar-refractivity contribution in [3.05, 3.63) is 0 Å². The molecule has 0 aromatic carbocycles.